The number of aromatic nitrogens is 1. The minimum absolute atomic E-state index is 0.0913. The second kappa shape index (κ2) is 7.56. The maximum atomic E-state index is 13.2. The number of fused-ring (bicyclic) bond motifs is 1. The maximum Gasteiger partial charge on any atom is 0.270 e. The van der Waals surface area contributed by atoms with Gasteiger partial charge in [0.1, 0.15) is 5.69 Å². The number of carbonyl (C=O) groups excluding carboxylic acids is 1. The molecule has 0 unspecified atom stereocenters. The molecule has 0 aliphatic rings. The predicted molar refractivity (Wildman–Crippen MR) is 104 cm³/mol. The van der Waals surface area contributed by atoms with Crippen molar-refractivity contribution in [2.24, 2.45) is 0 Å². The van der Waals surface area contributed by atoms with Crippen LogP contribution in [0.1, 0.15) is 41.4 Å². The van der Waals surface area contributed by atoms with Gasteiger partial charge in [-0.25, -0.2) is 0 Å². The second-order valence-corrected chi connectivity index (χ2v) is 6.64. The topological polar surface area (TPSA) is 25.2 Å². The summed E-state index contributed by atoms with van der Waals surface area (Å²) in [5, 5.41) is 1.18. The van der Waals surface area contributed by atoms with Crippen LogP contribution in [0.4, 0.5) is 0 Å². The van der Waals surface area contributed by atoms with Crippen LogP contribution < -0.4 is 0 Å². The van der Waals surface area contributed by atoms with Crippen molar-refractivity contribution >= 4 is 16.8 Å². The predicted octanol–water partition coefficient (Wildman–Crippen LogP) is 5.02. The highest BCUT2D eigenvalue weighted by Crippen LogP contribution is 2.27. The smallest absolute Gasteiger partial charge is 0.270 e. The first-order valence-corrected chi connectivity index (χ1v) is 9.00. The monoisotopic (exact) mass is 334 g/mol. The fourth-order valence-corrected chi connectivity index (χ4v) is 3.41. The number of benzene rings is 2. The van der Waals surface area contributed by atoms with Crippen LogP contribution in [0.3, 0.4) is 0 Å². The molecular formula is C22H26N2O. The summed E-state index contributed by atoms with van der Waals surface area (Å²) >= 11 is 0. The van der Waals surface area contributed by atoms with E-state index in [-0.39, 0.29) is 5.91 Å². The van der Waals surface area contributed by atoms with Crippen LogP contribution in [-0.2, 0) is 13.1 Å². The minimum Gasteiger partial charge on any atom is -0.336 e. The first kappa shape index (κ1) is 17.3. The molecule has 0 saturated heterocycles. The first-order chi connectivity index (χ1) is 12.1. The molecule has 1 amide bonds. The van der Waals surface area contributed by atoms with Gasteiger partial charge in [-0.1, -0.05) is 61.9 Å². The molecule has 0 atom stereocenters. The van der Waals surface area contributed by atoms with Gasteiger partial charge in [0.15, 0.2) is 0 Å². The third-order valence-electron chi connectivity index (χ3n) is 4.77. The van der Waals surface area contributed by atoms with E-state index in [0.29, 0.717) is 6.54 Å². The van der Waals surface area contributed by atoms with Crippen LogP contribution >= 0.6 is 0 Å². The first-order valence-electron chi connectivity index (χ1n) is 9.00. The summed E-state index contributed by atoms with van der Waals surface area (Å²) in [6.45, 7) is 5.75. The third kappa shape index (κ3) is 3.46. The molecule has 0 aliphatic heterocycles. The van der Waals surface area contributed by atoms with Crippen molar-refractivity contribution in [2.75, 3.05) is 7.05 Å². The van der Waals surface area contributed by atoms with Gasteiger partial charge in [0, 0.05) is 31.0 Å². The molecule has 3 aromatic rings. The number of hydrogen-bond donors (Lipinski definition) is 0. The summed E-state index contributed by atoms with van der Waals surface area (Å²) in [5.41, 5.74) is 4.21. The molecular weight excluding hydrogens is 308 g/mol. The highest BCUT2D eigenvalue weighted by atomic mass is 16.2. The molecule has 0 saturated carbocycles. The zero-order valence-electron chi connectivity index (χ0n) is 15.3. The maximum absolute atomic E-state index is 13.2. The zero-order valence-corrected chi connectivity index (χ0v) is 15.3. The Labute approximate surface area is 149 Å². The largest absolute Gasteiger partial charge is 0.336 e. The third-order valence-corrected chi connectivity index (χ3v) is 4.77. The van der Waals surface area contributed by atoms with Gasteiger partial charge >= 0.3 is 0 Å². The Morgan fingerprint density at radius 3 is 2.44 bits per heavy atom. The van der Waals surface area contributed by atoms with Crippen molar-refractivity contribution in [2.45, 2.75) is 39.8 Å². The summed E-state index contributed by atoms with van der Waals surface area (Å²) in [7, 11) is 1.89. The average Bonchev–Trinajstić information content (AvgIpc) is 2.92. The number of hydrogen-bond acceptors (Lipinski definition) is 1. The second-order valence-electron chi connectivity index (χ2n) is 6.64. The molecule has 1 heterocycles. The van der Waals surface area contributed by atoms with E-state index in [1.54, 1.807) is 0 Å². The van der Waals surface area contributed by atoms with E-state index in [1.807, 2.05) is 42.3 Å². The van der Waals surface area contributed by atoms with E-state index < -0.39 is 0 Å². The summed E-state index contributed by atoms with van der Waals surface area (Å²) < 4.78 is 2.21. The van der Waals surface area contributed by atoms with E-state index in [0.717, 1.165) is 41.7 Å². The standard InChI is InChI=1S/C22H26N2O/c1-4-5-15-24-20-14-10-9-13-19(20)17(2)21(24)22(25)23(3)16-18-11-7-6-8-12-18/h6-14H,4-5,15-16H2,1-3H3. The Balaban J connectivity index is 1.98. The zero-order chi connectivity index (χ0) is 17.8. The Bertz CT molecular complexity index is 864. The molecule has 3 nitrogen and oxygen atoms in total. The number of carbonyl (C=O) groups is 1. The van der Waals surface area contributed by atoms with Gasteiger partial charge < -0.3 is 9.47 Å². The molecule has 25 heavy (non-hydrogen) atoms. The lowest BCUT2D eigenvalue weighted by Crippen LogP contribution is -2.29. The van der Waals surface area contributed by atoms with Gasteiger partial charge in [-0.05, 0) is 30.5 Å². The van der Waals surface area contributed by atoms with Crippen LogP contribution in [0.25, 0.3) is 10.9 Å². The lowest BCUT2D eigenvalue weighted by molar-refractivity contribution is 0.0774. The summed E-state index contributed by atoms with van der Waals surface area (Å²) in [4.78, 5) is 15.0. The molecule has 0 fully saturated rings. The highest BCUT2D eigenvalue weighted by Gasteiger charge is 2.22. The number of nitrogens with zero attached hydrogens (tertiary/aromatic N) is 2. The van der Waals surface area contributed by atoms with E-state index in [9.17, 15) is 4.79 Å². The van der Waals surface area contributed by atoms with Gasteiger partial charge in [0.05, 0.1) is 0 Å². The lowest BCUT2D eigenvalue weighted by Gasteiger charge is -2.19. The van der Waals surface area contributed by atoms with Gasteiger partial charge in [-0.2, -0.15) is 0 Å². The van der Waals surface area contributed by atoms with Crippen LogP contribution in [0, 0.1) is 6.92 Å². The van der Waals surface area contributed by atoms with E-state index in [4.69, 9.17) is 0 Å². The molecule has 0 spiro atoms. The van der Waals surface area contributed by atoms with E-state index in [1.165, 1.54) is 5.39 Å². The normalized spacial score (nSPS) is 11.0. The van der Waals surface area contributed by atoms with E-state index in [2.05, 4.69) is 42.7 Å². The fraction of sp³-hybridized carbons (Fsp3) is 0.318. The molecule has 130 valence electrons. The van der Waals surface area contributed by atoms with Gasteiger partial charge in [-0.15, -0.1) is 0 Å². The number of para-hydroxylation sites is 1. The number of amides is 1. The fourth-order valence-electron chi connectivity index (χ4n) is 3.41. The number of unbranched alkanes of at least 4 members (excludes halogenated alkanes) is 1. The molecule has 0 radical (unpaired) electrons. The molecule has 0 aliphatic carbocycles. The molecule has 0 bridgehead atoms. The molecule has 3 heteroatoms. The Morgan fingerprint density at radius 1 is 1.04 bits per heavy atom. The molecule has 3 rings (SSSR count). The van der Waals surface area contributed by atoms with Crippen molar-refractivity contribution in [3.05, 3.63) is 71.4 Å². The van der Waals surface area contributed by atoms with Crippen LogP contribution in [-0.4, -0.2) is 22.4 Å². The quantitative estimate of drug-likeness (QED) is 0.621. The summed E-state index contributed by atoms with van der Waals surface area (Å²) in [6, 6.07) is 18.5. The van der Waals surface area contributed by atoms with Crippen LogP contribution in [0.5, 0.6) is 0 Å². The number of aryl methyl sites for hydroxylation is 2. The van der Waals surface area contributed by atoms with Crippen molar-refractivity contribution in [1.29, 1.82) is 0 Å². The van der Waals surface area contributed by atoms with E-state index >= 15 is 0 Å². The lowest BCUT2D eigenvalue weighted by atomic mass is 10.1. The molecule has 0 N–H and O–H groups in total. The highest BCUT2D eigenvalue weighted by molar-refractivity contribution is 6.01. The van der Waals surface area contributed by atoms with Crippen LogP contribution in [0.15, 0.2) is 54.6 Å². The molecule has 1 aromatic heterocycles. The van der Waals surface area contributed by atoms with Gasteiger partial charge in [0.25, 0.3) is 5.91 Å². The van der Waals surface area contributed by atoms with Crippen LogP contribution in [0.2, 0.25) is 0 Å². The Morgan fingerprint density at radius 2 is 1.72 bits per heavy atom. The Kier molecular flexibility index (Phi) is 5.22. The Hall–Kier alpha value is -2.55. The SMILES string of the molecule is CCCCn1c(C(=O)N(C)Cc2ccccc2)c(C)c2ccccc21. The van der Waals surface area contributed by atoms with Gasteiger partial charge in [0.2, 0.25) is 0 Å². The van der Waals surface area contributed by atoms with Gasteiger partial charge in [-0.3, -0.25) is 4.79 Å². The van der Waals surface area contributed by atoms with Crippen molar-refractivity contribution < 1.29 is 4.79 Å². The summed E-state index contributed by atoms with van der Waals surface area (Å²) in [6.07, 6.45) is 2.18. The van der Waals surface area contributed by atoms with Crippen molar-refractivity contribution in [3.8, 4) is 0 Å². The van der Waals surface area contributed by atoms with Crippen molar-refractivity contribution in [1.82, 2.24) is 9.47 Å². The molecule has 2 aromatic carbocycles. The average molecular weight is 334 g/mol. The number of rotatable bonds is 6. The van der Waals surface area contributed by atoms with Crippen molar-refractivity contribution in [3.63, 3.8) is 0 Å². The minimum atomic E-state index is 0.0913. The summed E-state index contributed by atoms with van der Waals surface area (Å²) in [5.74, 6) is 0.0913.